The zero-order chi connectivity index (χ0) is 25.1. The molecule has 1 aliphatic rings. The quantitative estimate of drug-likeness (QED) is 0.306. The van der Waals surface area contributed by atoms with Gasteiger partial charge < -0.3 is 9.88 Å². The SMILES string of the molecule is CC(C)c1ccc(NC(=O)[C@@H]2CCCN(Cc3nc4ccccc4n3Cc3ccc(Cl)cc3)C2)cc1. The number of fused-ring (bicyclic) bond motifs is 1. The number of imidazole rings is 1. The van der Waals surface area contributed by atoms with Crippen molar-refractivity contribution in [1.29, 1.82) is 0 Å². The summed E-state index contributed by atoms with van der Waals surface area (Å²) in [6.07, 6.45) is 1.91. The molecule has 1 saturated heterocycles. The van der Waals surface area contributed by atoms with Crippen LogP contribution in [0.2, 0.25) is 5.02 Å². The Hall–Kier alpha value is -3.15. The van der Waals surface area contributed by atoms with Gasteiger partial charge in [-0.25, -0.2) is 4.98 Å². The first-order valence-corrected chi connectivity index (χ1v) is 13.2. The predicted molar refractivity (Wildman–Crippen MR) is 147 cm³/mol. The number of rotatable bonds is 7. The molecule has 0 bridgehead atoms. The number of aromatic nitrogens is 2. The van der Waals surface area contributed by atoms with Gasteiger partial charge in [0.25, 0.3) is 0 Å². The first kappa shape index (κ1) is 24.5. The Labute approximate surface area is 218 Å². The fraction of sp³-hybridized carbons (Fsp3) is 0.333. The minimum absolute atomic E-state index is 0.0300. The number of anilines is 1. The predicted octanol–water partition coefficient (Wildman–Crippen LogP) is 6.71. The Bertz CT molecular complexity index is 1330. The third-order valence-corrected chi connectivity index (χ3v) is 7.33. The molecule has 0 aliphatic carbocycles. The van der Waals surface area contributed by atoms with Crippen LogP contribution in [0.3, 0.4) is 0 Å². The summed E-state index contributed by atoms with van der Waals surface area (Å²) >= 11 is 6.10. The van der Waals surface area contributed by atoms with E-state index in [-0.39, 0.29) is 11.8 Å². The van der Waals surface area contributed by atoms with Crippen LogP contribution in [0.4, 0.5) is 5.69 Å². The van der Waals surface area contributed by atoms with Gasteiger partial charge in [-0.05, 0) is 72.8 Å². The molecule has 6 heteroatoms. The zero-order valence-electron chi connectivity index (χ0n) is 21.0. The molecule has 0 spiro atoms. The molecule has 0 saturated carbocycles. The van der Waals surface area contributed by atoms with Crippen molar-refractivity contribution in [3.05, 3.63) is 94.8 Å². The zero-order valence-corrected chi connectivity index (χ0v) is 21.7. The molecule has 1 aliphatic heterocycles. The number of carbonyl (C=O) groups is 1. The van der Waals surface area contributed by atoms with E-state index < -0.39 is 0 Å². The van der Waals surface area contributed by atoms with Crippen LogP contribution < -0.4 is 5.32 Å². The van der Waals surface area contributed by atoms with Crippen molar-refractivity contribution in [3.8, 4) is 0 Å². The van der Waals surface area contributed by atoms with Gasteiger partial charge in [0.1, 0.15) is 5.82 Å². The van der Waals surface area contributed by atoms with E-state index in [1.807, 2.05) is 30.3 Å². The first-order chi connectivity index (χ1) is 17.5. The van der Waals surface area contributed by atoms with Crippen LogP contribution in [0.25, 0.3) is 11.0 Å². The van der Waals surface area contributed by atoms with E-state index >= 15 is 0 Å². The average molecular weight is 501 g/mol. The van der Waals surface area contributed by atoms with Gasteiger partial charge in [-0.15, -0.1) is 0 Å². The molecule has 1 amide bonds. The van der Waals surface area contributed by atoms with Gasteiger partial charge in [-0.3, -0.25) is 9.69 Å². The highest BCUT2D eigenvalue weighted by molar-refractivity contribution is 6.30. The van der Waals surface area contributed by atoms with E-state index in [9.17, 15) is 4.79 Å². The molecule has 0 radical (unpaired) electrons. The second kappa shape index (κ2) is 10.9. The smallest absolute Gasteiger partial charge is 0.228 e. The van der Waals surface area contributed by atoms with Gasteiger partial charge in [0.2, 0.25) is 5.91 Å². The summed E-state index contributed by atoms with van der Waals surface area (Å²) in [5.74, 6) is 1.58. The van der Waals surface area contributed by atoms with Crippen LogP contribution in [0.1, 0.15) is 49.6 Å². The molecule has 186 valence electrons. The lowest BCUT2D eigenvalue weighted by Crippen LogP contribution is -2.40. The Morgan fingerprint density at radius 3 is 2.53 bits per heavy atom. The summed E-state index contributed by atoms with van der Waals surface area (Å²) in [7, 11) is 0. The molecule has 36 heavy (non-hydrogen) atoms. The van der Waals surface area contributed by atoms with Crippen molar-refractivity contribution in [1.82, 2.24) is 14.5 Å². The second-order valence-electron chi connectivity index (χ2n) is 10.1. The standard InChI is InChI=1S/C30H33ClN4O/c1-21(2)23-11-15-26(16-12-23)32-30(36)24-6-5-17-34(19-24)20-29-33-27-7-3-4-8-28(27)35(29)18-22-9-13-25(31)14-10-22/h3-4,7-16,21,24H,5-6,17-20H2,1-2H3,(H,32,36)/t24-/m1/s1. The van der Waals surface area contributed by atoms with Crippen molar-refractivity contribution in [2.24, 2.45) is 5.92 Å². The summed E-state index contributed by atoms with van der Waals surface area (Å²) < 4.78 is 2.29. The van der Waals surface area contributed by atoms with Gasteiger partial charge in [-0.2, -0.15) is 0 Å². The van der Waals surface area contributed by atoms with Crippen molar-refractivity contribution in [2.45, 2.75) is 45.7 Å². The van der Waals surface area contributed by atoms with Crippen molar-refractivity contribution in [3.63, 3.8) is 0 Å². The lowest BCUT2D eigenvalue weighted by atomic mass is 9.97. The maximum absolute atomic E-state index is 13.1. The van der Waals surface area contributed by atoms with Crippen LogP contribution in [-0.4, -0.2) is 33.4 Å². The molecule has 1 atom stereocenters. The second-order valence-corrected chi connectivity index (χ2v) is 10.5. The Balaban J connectivity index is 1.29. The summed E-state index contributed by atoms with van der Waals surface area (Å²) in [6, 6.07) is 24.5. The number of amides is 1. The number of para-hydroxylation sites is 2. The van der Waals surface area contributed by atoms with Crippen molar-refractivity contribution < 1.29 is 4.79 Å². The summed E-state index contributed by atoms with van der Waals surface area (Å²) in [4.78, 5) is 20.4. The summed E-state index contributed by atoms with van der Waals surface area (Å²) in [6.45, 7) is 7.51. The topological polar surface area (TPSA) is 50.2 Å². The highest BCUT2D eigenvalue weighted by Gasteiger charge is 2.27. The number of carbonyl (C=O) groups excluding carboxylic acids is 1. The van der Waals surface area contributed by atoms with Crippen LogP contribution in [-0.2, 0) is 17.9 Å². The minimum atomic E-state index is -0.0300. The van der Waals surface area contributed by atoms with Crippen LogP contribution in [0, 0.1) is 5.92 Å². The fourth-order valence-corrected chi connectivity index (χ4v) is 5.13. The fourth-order valence-electron chi connectivity index (χ4n) is 5.00. The number of nitrogens with one attached hydrogen (secondary N) is 1. The number of nitrogens with zero attached hydrogens (tertiary/aromatic N) is 3. The lowest BCUT2D eigenvalue weighted by Gasteiger charge is -2.31. The average Bonchev–Trinajstić information content (AvgIpc) is 3.22. The van der Waals surface area contributed by atoms with Gasteiger partial charge in [-0.1, -0.05) is 61.8 Å². The van der Waals surface area contributed by atoms with Crippen molar-refractivity contribution in [2.75, 3.05) is 18.4 Å². The Kier molecular flexibility index (Phi) is 7.40. The number of halogens is 1. The molecular weight excluding hydrogens is 468 g/mol. The summed E-state index contributed by atoms with van der Waals surface area (Å²) in [5.41, 5.74) is 5.45. The lowest BCUT2D eigenvalue weighted by molar-refractivity contribution is -0.121. The van der Waals surface area contributed by atoms with Gasteiger partial charge >= 0.3 is 0 Å². The third-order valence-electron chi connectivity index (χ3n) is 7.07. The monoisotopic (exact) mass is 500 g/mol. The molecular formula is C30H33ClN4O. The van der Waals surface area contributed by atoms with Crippen LogP contribution in [0.5, 0.6) is 0 Å². The highest BCUT2D eigenvalue weighted by Crippen LogP contribution is 2.24. The number of benzene rings is 3. The molecule has 0 unspecified atom stereocenters. The third kappa shape index (κ3) is 5.63. The number of hydrogen-bond donors (Lipinski definition) is 1. The number of piperidine rings is 1. The summed E-state index contributed by atoms with van der Waals surface area (Å²) in [5, 5.41) is 3.87. The maximum Gasteiger partial charge on any atom is 0.228 e. The number of likely N-dealkylation sites (tertiary alicyclic amines) is 1. The first-order valence-electron chi connectivity index (χ1n) is 12.8. The maximum atomic E-state index is 13.1. The number of hydrogen-bond acceptors (Lipinski definition) is 3. The van der Waals surface area contributed by atoms with Crippen LogP contribution in [0.15, 0.2) is 72.8 Å². The minimum Gasteiger partial charge on any atom is -0.326 e. The highest BCUT2D eigenvalue weighted by atomic mass is 35.5. The van der Waals surface area contributed by atoms with Gasteiger partial charge in [0, 0.05) is 23.8 Å². The molecule has 1 fully saturated rings. The molecule has 3 aromatic carbocycles. The van der Waals surface area contributed by atoms with E-state index in [1.165, 1.54) is 11.1 Å². The van der Waals surface area contributed by atoms with E-state index in [0.717, 1.165) is 66.6 Å². The van der Waals surface area contributed by atoms with E-state index in [1.54, 1.807) is 0 Å². The normalized spacial score (nSPS) is 16.5. The Morgan fingerprint density at radius 2 is 1.78 bits per heavy atom. The Morgan fingerprint density at radius 1 is 1.03 bits per heavy atom. The largest absolute Gasteiger partial charge is 0.326 e. The van der Waals surface area contributed by atoms with Crippen molar-refractivity contribution >= 4 is 34.2 Å². The van der Waals surface area contributed by atoms with Crippen LogP contribution >= 0.6 is 11.6 Å². The molecule has 1 N–H and O–H groups in total. The van der Waals surface area contributed by atoms with E-state index in [0.29, 0.717) is 5.92 Å². The molecule has 4 aromatic rings. The van der Waals surface area contributed by atoms with E-state index in [4.69, 9.17) is 16.6 Å². The van der Waals surface area contributed by atoms with Gasteiger partial charge in [0.15, 0.2) is 0 Å². The molecule has 2 heterocycles. The molecule has 1 aromatic heterocycles. The van der Waals surface area contributed by atoms with E-state index in [2.05, 4.69) is 71.1 Å². The van der Waals surface area contributed by atoms with Gasteiger partial charge in [0.05, 0.1) is 23.5 Å². The molecule has 5 rings (SSSR count). The molecule has 5 nitrogen and oxygen atoms in total.